The average Bonchev–Trinajstić information content (AvgIpc) is 3.33. The van der Waals surface area contributed by atoms with Crippen LogP contribution in [0.15, 0.2) is 30.3 Å². The molecule has 2 aliphatic heterocycles. The zero-order chi connectivity index (χ0) is 22.2. The lowest BCUT2D eigenvalue weighted by molar-refractivity contribution is -0.141. The molecule has 1 atom stereocenters. The molecular formula is C23H35N7O2. The number of amides is 1. The highest BCUT2D eigenvalue weighted by Gasteiger charge is 2.29. The number of piperazine rings is 1. The highest BCUT2D eigenvalue weighted by molar-refractivity contribution is 5.81. The van der Waals surface area contributed by atoms with Crippen molar-refractivity contribution in [2.45, 2.75) is 38.8 Å². The third-order valence-electron chi connectivity index (χ3n) is 6.45. The Kier molecular flexibility index (Phi) is 8.19. The smallest absolute Gasteiger partial charge is 0.239 e. The van der Waals surface area contributed by atoms with Crippen molar-refractivity contribution in [3.63, 3.8) is 0 Å². The van der Waals surface area contributed by atoms with Crippen LogP contribution in [-0.4, -0.2) is 106 Å². The first kappa shape index (κ1) is 22.8. The highest BCUT2D eigenvalue weighted by atomic mass is 16.5. The van der Waals surface area contributed by atoms with Crippen LogP contribution < -0.4 is 0 Å². The van der Waals surface area contributed by atoms with Crippen LogP contribution in [0.1, 0.15) is 26.2 Å². The third kappa shape index (κ3) is 6.11. The number of carbonyl (C=O) groups excluding carboxylic acids is 1. The Morgan fingerprint density at radius 2 is 1.69 bits per heavy atom. The van der Waals surface area contributed by atoms with E-state index in [9.17, 15) is 4.79 Å². The third-order valence-corrected chi connectivity index (χ3v) is 6.45. The molecule has 9 nitrogen and oxygen atoms in total. The molecule has 1 aromatic carbocycles. The summed E-state index contributed by atoms with van der Waals surface area (Å²) in [7, 11) is 0. The molecule has 0 radical (unpaired) electrons. The van der Waals surface area contributed by atoms with E-state index in [0.29, 0.717) is 19.0 Å². The van der Waals surface area contributed by atoms with Crippen LogP contribution in [0.2, 0.25) is 0 Å². The van der Waals surface area contributed by atoms with Gasteiger partial charge in [0, 0.05) is 44.8 Å². The minimum absolute atomic E-state index is 0.0359. The van der Waals surface area contributed by atoms with Gasteiger partial charge in [-0.3, -0.25) is 9.69 Å². The fourth-order valence-electron chi connectivity index (χ4n) is 4.38. The van der Waals surface area contributed by atoms with Gasteiger partial charge < -0.3 is 14.5 Å². The molecule has 4 rings (SSSR count). The van der Waals surface area contributed by atoms with Gasteiger partial charge in [0.25, 0.3) is 0 Å². The molecule has 174 valence electrons. The number of hydrogen-bond acceptors (Lipinski definition) is 7. The van der Waals surface area contributed by atoms with Gasteiger partial charge in [0.1, 0.15) is 0 Å². The van der Waals surface area contributed by atoms with Crippen LogP contribution in [0.4, 0.5) is 0 Å². The van der Waals surface area contributed by atoms with Crippen molar-refractivity contribution in [2.75, 3.05) is 59.0 Å². The topological polar surface area (TPSA) is 79.6 Å². The van der Waals surface area contributed by atoms with Crippen molar-refractivity contribution in [2.24, 2.45) is 0 Å². The number of morpholine rings is 1. The summed E-state index contributed by atoms with van der Waals surface area (Å²) in [6, 6.07) is 9.92. The molecule has 1 aromatic heterocycles. The first-order valence-electron chi connectivity index (χ1n) is 11.9. The van der Waals surface area contributed by atoms with Gasteiger partial charge in [-0.15, -0.1) is 10.2 Å². The van der Waals surface area contributed by atoms with Crippen molar-refractivity contribution in [3.8, 4) is 11.4 Å². The Morgan fingerprint density at radius 1 is 0.969 bits per heavy atom. The first-order valence-corrected chi connectivity index (χ1v) is 11.9. The minimum atomic E-state index is -0.0359. The normalized spacial score (nSPS) is 19.2. The van der Waals surface area contributed by atoms with Crippen molar-refractivity contribution < 1.29 is 9.53 Å². The maximum atomic E-state index is 12.7. The molecule has 2 aromatic rings. The van der Waals surface area contributed by atoms with E-state index in [2.05, 4.69) is 32.1 Å². The summed E-state index contributed by atoms with van der Waals surface area (Å²) < 4.78 is 5.36. The summed E-state index contributed by atoms with van der Waals surface area (Å²) in [6.07, 6.45) is 3.37. The number of aromatic nitrogens is 4. The van der Waals surface area contributed by atoms with Crippen LogP contribution in [0.25, 0.3) is 11.4 Å². The molecule has 0 spiro atoms. The largest absolute Gasteiger partial charge is 0.378 e. The van der Waals surface area contributed by atoms with Crippen molar-refractivity contribution in [3.05, 3.63) is 30.3 Å². The molecule has 1 unspecified atom stereocenters. The summed E-state index contributed by atoms with van der Waals surface area (Å²) >= 11 is 0. The van der Waals surface area contributed by atoms with Crippen LogP contribution in [0.5, 0.6) is 0 Å². The standard InChI is InChI=1S/C23H35N7O2/c1-20(23(31)29-16-18-32-19-17-29)28-14-12-27(13-15-28)10-6-3-7-11-30-25-22(24-26-30)21-8-4-2-5-9-21/h2,4-5,8-9,20H,3,6-7,10-19H2,1H3. The zero-order valence-electron chi connectivity index (χ0n) is 19.1. The Balaban J connectivity index is 1.10. The number of nitrogens with zero attached hydrogens (tertiary/aromatic N) is 7. The van der Waals surface area contributed by atoms with Gasteiger partial charge >= 0.3 is 0 Å². The van der Waals surface area contributed by atoms with Crippen LogP contribution in [-0.2, 0) is 16.1 Å². The molecular weight excluding hydrogens is 406 g/mol. The van der Waals surface area contributed by atoms with Gasteiger partial charge in [-0.05, 0) is 31.5 Å². The predicted octanol–water partition coefficient (Wildman–Crippen LogP) is 1.38. The number of unbranched alkanes of at least 4 members (excludes halogenated alkanes) is 2. The second-order valence-electron chi connectivity index (χ2n) is 8.63. The van der Waals surface area contributed by atoms with Gasteiger partial charge in [0.15, 0.2) is 0 Å². The number of tetrazole rings is 1. The molecule has 2 aliphatic rings. The summed E-state index contributed by atoms with van der Waals surface area (Å²) in [4.78, 5) is 21.2. The van der Waals surface area contributed by atoms with Gasteiger partial charge in [-0.25, -0.2) is 0 Å². The van der Waals surface area contributed by atoms with Gasteiger partial charge in [-0.1, -0.05) is 36.8 Å². The van der Waals surface area contributed by atoms with E-state index in [1.165, 1.54) is 6.42 Å². The second kappa shape index (κ2) is 11.5. The molecule has 2 saturated heterocycles. The van der Waals surface area contributed by atoms with Crippen molar-refractivity contribution in [1.29, 1.82) is 0 Å². The van der Waals surface area contributed by atoms with Crippen LogP contribution >= 0.6 is 0 Å². The van der Waals surface area contributed by atoms with Gasteiger partial charge in [-0.2, -0.15) is 4.80 Å². The molecule has 3 heterocycles. The number of rotatable bonds is 9. The van der Waals surface area contributed by atoms with Gasteiger partial charge in [0.05, 0.1) is 25.8 Å². The fourth-order valence-corrected chi connectivity index (χ4v) is 4.38. The van der Waals surface area contributed by atoms with Crippen molar-refractivity contribution in [1.82, 2.24) is 34.9 Å². The van der Waals surface area contributed by atoms with E-state index < -0.39 is 0 Å². The summed E-state index contributed by atoms with van der Waals surface area (Å²) in [5.74, 6) is 0.934. The van der Waals surface area contributed by atoms with E-state index in [4.69, 9.17) is 4.74 Å². The summed E-state index contributed by atoms with van der Waals surface area (Å²) in [6.45, 7) is 10.7. The highest BCUT2D eigenvalue weighted by Crippen LogP contribution is 2.13. The molecule has 1 amide bonds. The van der Waals surface area contributed by atoms with E-state index in [1.54, 1.807) is 4.80 Å². The maximum Gasteiger partial charge on any atom is 0.239 e. The lowest BCUT2D eigenvalue weighted by atomic mass is 10.1. The Bertz CT molecular complexity index is 830. The quantitative estimate of drug-likeness (QED) is 0.544. The molecule has 0 saturated carbocycles. The maximum absolute atomic E-state index is 12.7. The van der Waals surface area contributed by atoms with E-state index in [0.717, 1.165) is 70.8 Å². The number of aryl methyl sites for hydroxylation is 1. The Morgan fingerprint density at radius 3 is 2.44 bits per heavy atom. The summed E-state index contributed by atoms with van der Waals surface area (Å²) in [5.41, 5.74) is 0.999. The van der Waals surface area contributed by atoms with E-state index >= 15 is 0 Å². The fraction of sp³-hybridized carbons (Fsp3) is 0.652. The number of ether oxygens (including phenoxy) is 1. The molecule has 32 heavy (non-hydrogen) atoms. The lowest BCUT2D eigenvalue weighted by Crippen LogP contribution is -2.55. The van der Waals surface area contributed by atoms with Gasteiger partial charge in [0.2, 0.25) is 11.7 Å². The van der Waals surface area contributed by atoms with E-state index in [1.807, 2.05) is 35.2 Å². The average molecular weight is 442 g/mol. The molecule has 0 bridgehead atoms. The van der Waals surface area contributed by atoms with E-state index in [-0.39, 0.29) is 11.9 Å². The minimum Gasteiger partial charge on any atom is -0.378 e. The SMILES string of the molecule is CC(C(=O)N1CCOCC1)N1CCN(CCCCCn2nnc(-c3ccccc3)n2)CC1. The number of hydrogen-bond donors (Lipinski definition) is 0. The number of benzene rings is 1. The lowest BCUT2D eigenvalue weighted by Gasteiger charge is -2.39. The van der Waals surface area contributed by atoms with Crippen LogP contribution in [0.3, 0.4) is 0 Å². The molecule has 0 aliphatic carbocycles. The molecule has 9 heteroatoms. The predicted molar refractivity (Wildman–Crippen MR) is 122 cm³/mol. The molecule has 0 N–H and O–H groups in total. The Hall–Kier alpha value is -2.36. The monoisotopic (exact) mass is 441 g/mol. The van der Waals surface area contributed by atoms with Crippen molar-refractivity contribution >= 4 is 5.91 Å². The summed E-state index contributed by atoms with van der Waals surface area (Å²) in [5, 5.41) is 12.8. The Labute approximate surface area is 190 Å². The van der Waals surface area contributed by atoms with Crippen LogP contribution in [0, 0.1) is 0 Å². The first-order chi connectivity index (χ1) is 15.7. The number of carbonyl (C=O) groups is 1. The molecule has 2 fully saturated rings. The second-order valence-corrected chi connectivity index (χ2v) is 8.63. The zero-order valence-corrected chi connectivity index (χ0v) is 19.1.